The highest BCUT2D eigenvalue weighted by atomic mass is 16.5. The first kappa shape index (κ1) is 25.7. The van der Waals surface area contributed by atoms with Gasteiger partial charge in [0.1, 0.15) is 6.61 Å². The number of hydrogen-bond acceptors (Lipinski definition) is 8. The standard InChI is InChI=1S/C26H32N6O3/c1-25(2,3)14-21(33)35-15-17-13-18(27)9-12-20(17)23-31-29-22(30-32-23)16-7-10-19(11-8-16)28-24(34)26(4,5)6/h7-13H,14-15,27H2,1-6H3,(H,28,34). The second-order valence-electron chi connectivity index (χ2n) is 10.6. The van der Waals surface area contributed by atoms with E-state index in [1.807, 2.05) is 41.5 Å². The van der Waals surface area contributed by atoms with Gasteiger partial charge in [0.15, 0.2) is 0 Å². The minimum absolute atomic E-state index is 0.0438. The van der Waals surface area contributed by atoms with E-state index in [-0.39, 0.29) is 23.9 Å². The first-order valence-electron chi connectivity index (χ1n) is 11.4. The Morgan fingerprint density at radius 2 is 1.49 bits per heavy atom. The van der Waals surface area contributed by atoms with Crippen molar-refractivity contribution in [2.24, 2.45) is 10.8 Å². The number of esters is 1. The number of anilines is 2. The van der Waals surface area contributed by atoms with Crippen LogP contribution in [0.3, 0.4) is 0 Å². The molecule has 2 aromatic carbocycles. The molecule has 3 rings (SSSR count). The monoisotopic (exact) mass is 476 g/mol. The number of amides is 1. The predicted octanol–water partition coefficient (Wildman–Crippen LogP) is 4.65. The Balaban J connectivity index is 1.75. The van der Waals surface area contributed by atoms with Gasteiger partial charge in [0.05, 0.1) is 6.42 Å². The van der Waals surface area contributed by atoms with E-state index in [1.165, 1.54) is 0 Å². The molecule has 35 heavy (non-hydrogen) atoms. The zero-order chi connectivity index (χ0) is 25.8. The number of carbonyl (C=O) groups excluding carboxylic acids is 2. The Bertz CT molecular complexity index is 1190. The highest BCUT2D eigenvalue weighted by molar-refractivity contribution is 5.94. The number of nitrogens with zero attached hydrogens (tertiary/aromatic N) is 4. The Morgan fingerprint density at radius 3 is 2.06 bits per heavy atom. The summed E-state index contributed by atoms with van der Waals surface area (Å²) in [5.41, 5.74) is 8.51. The fourth-order valence-electron chi connectivity index (χ4n) is 3.07. The number of carbonyl (C=O) groups is 2. The second-order valence-corrected chi connectivity index (χ2v) is 10.6. The topological polar surface area (TPSA) is 133 Å². The molecule has 9 heteroatoms. The van der Waals surface area contributed by atoms with Crippen molar-refractivity contribution >= 4 is 23.3 Å². The molecule has 1 heterocycles. The Kier molecular flexibility index (Phi) is 7.48. The highest BCUT2D eigenvalue weighted by Crippen LogP contribution is 2.25. The summed E-state index contributed by atoms with van der Waals surface area (Å²) in [5.74, 6) is 0.277. The Hall–Kier alpha value is -3.88. The van der Waals surface area contributed by atoms with Crippen LogP contribution in [0.1, 0.15) is 53.5 Å². The van der Waals surface area contributed by atoms with Gasteiger partial charge >= 0.3 is 5.97 Å². The normalized spacial score (nSPS) is 11.7. The molecule has 0 radical (unpaired) electrons. The van der Waals surface area contributed by atoms with Crippen LogP contribution in [0.5, 0.6) is 0 Å². The molecule has 3 aromatic rings. The molecule has 9 nitrogen and oxygen atoms in total. The number of nitrogen functional groups attached to an aromatic ring is 1. The summed E-state index contributed by atoms with van der Waals surface area (Å²) < 4.78 is 5.45. The van der Waals surface area contributed by atoms with Gasteiger partial charge in [-0.2, -0.15) is 0 Å². The molecule has 0 aliphatic heterocycles. The van der Waals surface area contributed by atoms with Gasteiger partial charge in [0.2, 0.25) is 17.6 Å². The third-order valence-electron chi connectivity index (χ3n) is 4.99. The molecule has 0 spiro atoms. The van der Waals surface area contributed by atoms with Crippen molar-refractivity contribution in [3.8, 4) is 22.8 Å². The van der Waals surface area contributed by atoms with Gasteiger partial charge in [0.25, 0.3) is 0 Å². The first-order valence-corrected chi connectivity index (χ1v) is 11.4. The van der Waals surface area contributed by atoms with E-state index >= 15 is 0 Å². The van der Waals surface area contributed by atoms with E-state index in [0.717, 1.165) is 0 Å². The van der Waals surface area contributed by atoms with Crippen molar-refractivity contribution in [1.29, 1.82) is 0 Å². The predicted molar refractivity (Wildman–Crippen MR) is 135 cm³/mol. The van der Waals surface area contributed by atoms with Crippen LogP contribution in [0, 0.1) is 10.8 Å². The minimum Gasteiger partial charge on any atom is -0.461 e. The molecule has 0 atom stereocenters. The van der Waals surface area contributed by atoms with Crippen LogP contribution in [0.4, 0.5) is 11.4 Å². The van der Waals surface area contributed by atoms with Gasteiger partial charge in [-0.1, -0.05) is 41.5 Å². The summed E-state index contributed by atoms with van der Waals surface area (Å²) in [6.07, 6.45) is 0.303. The Morgan fingerprint density at radius 1 is 0.886 bits per heavy atom. The van der Waals surface area contributed by atoms with Crippen molar-refractivity contribution in [2.75, 3.05) is 11.1 Å². The molecule has 0 saturated heterocycles. The molecule has 0 aliphatic carbocycles. The van der Waals surface area contributed by atoms with Crippen LogP contribution in [-0.4, -0.2) is 32.3 Å². The highest BCUT2D eigenvalue weighted by Gasteiger charge is 2.21. The number of nitrogens with one attached hydrogen (secondary N) is 1. The third-order valence-corrected chi connectivity index (χ3v) is 4.99. The van der Waals surface area contributed by atoms with E-state index in [4.69, 9.17) is 10.5 Å². The van der Waals surface area contributed by atoms with Crippen molar-refractivity contribution in [2.45, 2.75) is 54.6 Å². The van der Waals surface area contributed by atoms with E-state index in [9.17, 15) is 9.59 Å². The lowest BCUT2D eigenvalue weighted by Gasteiger charge is -2.17. The van der Waals surface area contributed by atoms with E-state index in [2.05, 4.69) is 25.7 Å². The molecule has 0 bridgehead atoms. The average molecular weight is 477 g/mol. The average Bonchev–Trinajstić information content (AvgIpc) is 2.77. The molecule has 3 N–H and O–H groups in total. The summed E-state index contributed by atoms with van der Waals surface area (Å²) in [6.45, 7) is 11.5. The lowest BCUT2D eigenvalue weighted by atomic mass is 9.92. The molecule has 0 aliphatic rings. The van der Waals surface area contributed by atoms with Gasteiger partial charge < -0.3 is 15.8 Å². The van der Waals surface area contributed by atoms with E-state index < -0.39 is 5.41 Å². The van der Waals surface area contributed by atoms with Gasteiger partial charge in [-0.25, -0.2) is 0 Å². The van der Waals surface area contributed by atoms with Gasteiger partial charge in [-0.05, 0) is 47.9 Å². The SMILES string of the molecule is CC(C)(C)CC(=O)OCc1cc(N)ccc1-c1nnc(-c2ccc(NC(=O)C(C)(C)C)cc2)nn1. The maximum Gasteiger partial charge on any atom is 0.306 e. The van der Waals surface area contributed by atoms with E-state index in [1.54, 1.807) is 42.5 Å². The van der Waals surface area contributed by atoms with Crippen molar-refractivity contribution in [3.05, 3.63) is 48.0 Å². The van der Waals surface area contributed by atoms with Crippen molar-refractivity contribution in [3.63, 3.8) is 0 Å². The molecular formula is C26H32N6O3. The van der Waals surface area contributed by atoms with Gasteiger partial charge in [0, 0.05) is 33.5 Å². The van der Waals surface area contributed by atoms with Gasteiger partial charge in [-0.15, -0.1) is 20.4 Å². The maximum atomic E-state index is 12.2. The summed E-state index contributed by atoms with van der Waals surface area (Å²) in [6, 6.07) is 12.3. The zero-order valence-corrected chi connectivity index (χ0v) is 21.0. The first-order chi connectivity index (χ1) is 16.3. The van der Waals surface area contributed by atoms with Crippen LogP contribution >= 0.6 is 0 Å². The minimum atomic E-state index is -0.489. The van der Waals surface area contributed by atoms with Crippen molar-refractivity contribution < 1.29 is 14.3 Å². The number of aromatic nitrogens is 4. The molecule has 1 aromatic heterocycles. The third kappa shape index (κ3) is 7.30. The quantitative estimate of drug-likeness (QED) is 0.388. The summed E-state index contributed by atoms with van der Waals surface area (Å²) >= 11 is 0. The van der Waals surface area contributed by atoms with Crippen LogP contribution in [0.2, 0.25) is 0 Å². The molecular weight excluding hydrogens is 444 g/mol. The van der Waals surface area contributed by atoms with Crippen molar-refractivity contribution in [1.82, 2.24) is 20.4 Å². The van der Waals surface area contributed by atoms with Crippen LogP contribution < -0.4 is 11.1 Å². The van der Waals surface area contributed by atoms with Crippen LogP contribution in [0.15, 0.2) is 42.5 Å². The number of benzene rings is 2. The second kappa shape index (κ2) is 10.2. The largest absolute Gasteiger partial charge is 0.461 e. The fourth-order valence-corrected chi connectivity index (χ4v) is 3.07. The zero-order valence-electron chi connectivity index (χ0n) is 21.0. The molecule has 0 saturated carbocycles. The number of rotatable bonds is 6. The number of ether oxygens (including phenoxy) is 1. The van der Waals surface area contributed by atoms with Gasteiger partial charge in [-0.3, -0.25) is 9.59 Å². The number of nitrogens with two attached hydrogens (primary N) is 1. The lowest BCUT2D eigenvalue weighted by molar-refractivity contribution is -0.147. The molecule has 0 fully saturated rings. The maximum absolute atomic E-state index is 12.2. The Labute approximate surface area is 205 Å². The number of hydrogen-bond donors (Lipinski definition) is 2. The lowest BCUT2D eigenvalue weighted by Crippen LogP contribution is -2.27. The molecule has 184 valence electrons. The molecule has 1 amide bonds. The summed E-state index contributed by atoms with van der Waals surface area (Å²) in [7, 11) is 0. The fraction of sp³-hybridized carbons (Fsp3) is 0.385. The molecule has 0 unspecified atom stereocenters. The van der Waals surface area contributed by atoms with Crippen LogP contribution in [0.25, 0.3) is 22.8 Å². The van der Waals surface area contributed by atoms with Crippen LogP contribution in [-0.2, 0) is 20.9 Å². The van der Waals surface area contributed by atoms with E-state index in [0.29, 0.717) is 46.1 Å². The smallest absolute Gasteiger partial charge is 0.306 e. The summed E-state index contributed by atoms with van der Waals surface area (Å²) in [4.78, 5) is 24.3. The summed E-state index contributed by atoms with van der Waals surface area (Å²) in [5, 5.41) is 19.8.